The average Bonchev–Trinajstić information content (AvgIpc) is 3.23. The maximum absolute atomic E-state index is 12.5. The second kappa shape index (κ2) is 5.00. The standard InChI is InChI=1S/C14H17BrN2O/c15-13-6-5-12(7-16-13)14(18)17(8-10-1-2-10)9-11-3-4-11/h5-7,10-11H,1-4,8-9H2. The highest BCUT2D eigenvalue weighted by Crippen LogP contribution is 2.34. The second-order valence-electron chi connectivity index (χ2n) is 5.47. The summed E-state index contributed by atoms with van der Waals surface area (Å²) in [5.74, 6) is 1.64. The molecule has 0 saturated heterocycles. The molecular formula is C14H17BrN2O. The zero-order chi connectivity index (χ0) is 12.5. The molecule has 2 aliphatic rings. The van der Waals surface area contributed by atoms with Gasteiger partial charge in [-0.3, -0.25) is 4.79 Å². The number of amides is 1. The minimum atomic E-state index is 0.147. The van der Waals surface area contributed by atoms with Crippen molar-refractivity contribution < 1.29 is 4.79 Å². The van der Waals surface area contributed by atoms with E-state index in [-0.39, 0.29) is 5.91 Å². The molecule has 1 heterocycles. The first kappa shape index (κ1) is 12.2. The molecule has 1 amide bonds. The fourth-order valence-corrected chi connectivity index (χ4v) is 2.38. The van der Waals surface area contributed by atoms with Crippen LogP contribution in [-0.4, -0.2) is 28.9 Å². The fraction of sp³-hybridized carbons (Fsp3) is 0.571. The summed E-state index contributed by atoms with van der Waals surface area (Å²) in [7, 11) is 0. The van der Waals surface area contributed by atoms with Gasteiger partial charge in [-0.2, -0.15) is 0 Å². The highest BCUT2D eigenvalue weighted by atomic mass is 79.9. The summed E-state index contributed by atoms with van der Waals surface area (Å²) in [6, 6.07) is 3.69. The highest BCUT2D eigenvalue weighted by Gasteiger charge is 2.31. The smallest absolute Gasteiger partial charge is 0.255 e. The number of rotatable bonds is 5. The molecule has 0 N–H and O–H groups in total. The van der Waals surface area contributed by atoms with E-state index in [1.165, 1.54) is 25.7 Å². The zero-order valence-corrected chi connectivity index (χ0v) is 11.9. The van der Waals surface area contributed by atoms with E-state index >= 15 is 0 Å². The maximum Gasteiger partial charge on any atom is 0.255 e. The highest BCUT2D eigenvalue weighted by molar-refractivity contribution is 9.10. The van der Waals surface area contributed by atoms with Crippen LogP contribution in [-0.2, 0) is 0 Å². The molecule has 3 nitrogen and oxygen atoms in total. The van der Waals surface area contributed by atoms with Crippen LogP contribution in [0.1, 0.15) is 36.0 Å². The van der Waals surface area contributed by atoms with E-state index in [0.29, 0.717) is 5.56 Å². The van der Waals surface area contributed by atoms with Crippen LogP contribution in [0.25, 0.3) is 0 Å². The molecule has 0 aliphatic heterocycles. The van der Waals surface area contributed by atoms with Crippen LogP contribution in [0.15, 0.2) is 22.9 Å². The molecule has 96 valence electrons. The lowest BCUT2D eigenvalue weighted by Gasteiger charge is -2.22. The summed E-state index contributed by atoms with van der Waals surface area (Å²) in [6.45, 7) is 1.87. The number of pyridine rings is 1. The Balaban J connectivity index is 1.70. The lowest BCUT2D eigenvalue weighted by molar-refractivity contribution is 0.0739. The van der Waals surface area contributed by atoms with Crippen molar-refractivity contribution in [2.45, 2.75) is 25.7 Å². The molecular weight excluding hydrogens is 292 g/mol. The first-order valence-electron chi connectivity index (χ1n) is 6.63. The van der Waals surface area contributed by atoms with E-state index in [2.05, 4.69) is 20.9 Å². The molecule has 2 fully saturated rings. The predicted molar refractivity (Wildman–Crippen MR) is 73.3 cm³/mol. The summed E-state index contributed by atoms with van der Waals surface area (Å²) >= 11 is 3.30. The third kappa shape index (κ3) is 3.10. The van der Waals surface area contributed by atoms with Gasteiger partial charge < -0.3 is 4.90 Å². The number of hydrogen-bond donors (Lipinski definition) is 0. The van der Waals surface area contributed by atoms with Crippen LogP contribution in [0.2, 0.25) is 0 Å². The molecule has 0 radical (unpaired) electrons. The number of carbonyl (C=O) groups excluding carboxylic acids is 1. The van der Waals surface area contributed by atoms with Gasteiger partial charge in [-0.05, 0) is 65.6 Å². The van der Waals surface area contributed by atoms with E-state index in [9.17, 15) is 4.79 Å². The molecule has 1 aromatic rings. The Bertz CT molecular complexity index is 424. The number of hydrogen-bond acceptors (Lipinski definition) is 2. The van der Waals surface area contributed by atoms with E-state index in [4.69, 9.17) is 0 Å². The monoisotopic (exact) mass is 308 g/mol. The Kier molecular flexibility index (Phi) is 3.37. The van der Waals surface area contributed by atoms with Gasteiger partial charge in [0.25, 0.3) is 5.91 Å². The summed E-state index contributed by atoms with van der Waals surface area (Å²) < 4.78 is 0.773. The summed E-state index contributed by atoms with van der Waals surface area (Å²) in [4.78, 5) is 18.6. The number of halogens is 1. The predicted octanol–water partition coefficient (Wildman–Crippen LogP) is 3.11. The minimum absolute atomic E-state index is 0.147. The molecule has 3 rings (SSSR count). The van der Waals surface area contributed by atoms with Crippen LogP contribution in [0, 0.1) is 11.8 Å². The first-order chi connectivity index (χ1) is 8.72. The average molecular weight is 309 g/mol. The molecule has 0 aromatic carbocycles. The van der Waals surface area contributed by atoms with Crippen molar-refractivity contribution in [2.75, 3.05) is 13.1 Å². The van der Waals surface area contributed by atoms with E-state index in [1.54, 1.807) is 6.20 Å². The van der Waals surface area contributed by atoms with Gasteiger partial charge in [-0.1, -0.05) is 0 Å². The van der Waals surface area contributed by atoms with Gasteiger partial charge >= 0.3 is 0 Å². The molecule has 2 aliphatic carbocycles. The Morgan fingerprint density at radius 1 is 1.22 bits per heavy atom. The first-order valence-corrected chi connectivity index (χ1v) is 7.42. The van der Waals surface area contributed by atoms with Crippen molar-refractivity contribution in [2.24, 2.45) is 11.8 Å². The largest absolute Gasteiger partial charge is 0.338 e. The van der Waals surface area contributed by atoms with E-state index < -0.39 is 0 Å². The number of carbonyl (C=O) groups is 1. The van der Waals surface area contributed by atoms with Gasteiger partial charge in [0.2, 0.25) is 0 Å². The van der Waals surface area contributed by atoms with Crippen molar-refractivity contribution in [3.8, 4) is 0 Å². The van der Waals surface area contributed by atoms with Gasteiger partial charge in [-0.15, -0.1) is 0 Å². The SMILES string of the molecule is O=C(c1ccc(Br)nc1)N(CC1CC1)CC1CC1. The Morgan fingerprint density at radius 3 is 2.28 bits per heavy atom. The zero-order valence-electron chi connectivity index (χ0n) is 10.3. The Hall–Kier alpha value is -0.900. The fourth-order valence-electron chi connectivity index (χ4n) is 2.15. The Labute approximate surface area is 116 Å². The lowest BCUT2D eigenvalue weighted by Crippen LogP contribution is -2.34. The molecule has 2 saturated carbocycles. The van der Waals surface area contributed by atoms with Gasteiger partial charge in [0.1, 0.15) is 4.60 Å². The maximum atomic E-state index is 12.5. The quantitative estimate of drug-likeness (QED) is 0.783. The molecule has 0 atom stereocenters. The summed E-state index contributed by atoms with van der Waals surface area (Å²) in [5, 5.41) is 0. The van der Waals surface area contributed by atoms with E-state index in [0.717, 1.165) is 29.5 Å². The van der Waals surface area contributed by atoms with Crippen molar-refractivity contribution in [3.63, 3.8) is 0 Å². The third-order valence-corrected chi connectivity index (χ3v) is 4.08. The molecule has 1 aromatic heterocycles. The summed E-state index contributed by atoms with van der Waals surface area (Å²) in [6.07, 6.45) is 6.80. The van der Waals surface area contributed by atoms with Crippen LogP contribution in [0.3, 0.4) is 0 Å². The number of aromatic nitrogens is 1. The van der Waals surface area contributed by atoms with Gasteiger partial charge in [0.05, 0.1) is 5.56 Å². The van der Waals surface area contributed by atoms with Crippen LogP contribution in [0.4, 0.5) is 0 Å². The van der Waals surface area contributed by atoms with Crippen molar-refractivity contribution in [1.82, 2.24) is 9.88 Å². The van der Waals surface area contributed by atoms with Gasteiger partial charge in [0, 0.05) is 19.3 Å². The molecule has 18 heavy (non-hydrogen) atoms. The minimum Gasteiger partial charge on any atom is -0.338 e. The molecule has 4 heteroatoms. The van der Waals surface area contributed by atoms with Crippen LogP contribution >= 0.6 is 15.9 Å². The Morgan fingerprint density at radius 2 is 1.83 bits per heavy atom. The number of nitrogens with zero attached hydrogens (tertiary/aromatic N) is 2. The molecule has 0 spiro atoms. The van der Waals surface area contributed by atoms with E-state index in [1.807, 2.05) is 17.0 Å². The normalized spacial score (nSPS) is 18.7. The van der Waals surface area contributed by atoms with Crippen LogP contribution < -0.4 is 0 Å². The second-order valence-corrected chi connectivity index (χ2v) is 6.28. The van der Waals surface area contributed by atoms with Crippen molar-refractivity contribution in [1.29, 1.82) is 0 Å². The third-order valence-electron chi connectivity index (χ3n) is 3.61. The lowest BCUT2D eigenvalue weighted by atomic mass is 10.2. The van der Waals surface area contributed by atoms with Gasteiger partial charge in [-0.25, -0.2) is 4.98 Å². The molecule has 0 unspecified atom stereocenters. The van der Waals surface area contributed by atoms with Gasteiger partial charge in [0.15, 0.2) is 0 Å². The van der Waals surface area contributed by atoms with Crippen LogP contribution in [0.5, 0.6) is 0 Å². The topological polar surface area (TPSA) is 33.2 Å². The molecule has 0 bridgehead atoms. The van der Waals surface area contributed by atoms with Crippen molar-refractivity contribution in [3.05, 3.63) is 28.5 Å². The van der Waals surface area contributed by atoms with Crippen molar-refractivity contribution >= 4 is 21.8 Å². The summed E-state index contributed by atoms with van der Waals surface area (Å²) in [5.41, 5.74) is 0.708.